The van der Waals surface area contributed by atoms with Crippen LogP contribution >= 0.6 is 11.7 Å². The summed E-state index contributed by atoms with van der Waals surface area (Å²) in [4.78, 5) is 15.9. The molecule has 0 radical (unpaired) electrons. The Labute approximate surface area is 151 Å². The van der Waals surface area contributed by atoms with Gasteiger partial charge in [-0.15, -0.1) is 0 Å². The van der Waals surface area contributed by atoms with Crippen LogP contribution in [-0.2, 0) is 0 Å². The van der Waals surface area contributed by atoms with E-state index in [-0.39, 0.29) is 18.9 Å². The molecule has 0 saturated carbocycles. The summed E-state index contributed by atoms with van der Waals surface area (Å²) in [5.74, 6) is -0.757. The molecule has 6 heteroatoms. The molecule has 0 fully saturated rings. The second-order valence-corrected chi connectivity index (χ2v) is 6.51. The first-order chi connectivity index (χ1) is 11.5. The maximum atomic E-state index is 11.5. The minimum Gasteiger partial charge on any atom is -0.478 e. The van der Waals surface area contributed by atoms with Crippen molar-refractivity contribution < 1.29 is 9.90 Å². The van der Waals surface area contributed by atoms with Crippen LogP contribution in [0, 0.1) is 6.92 Å². The van der Waals surface area contributed by atoms with E-state index in [2.05, 4.69) is 13.7 Å². The van der Waals surface area contributed by atoms with E-state index in [9.17, 15) is 9.90 Å². The van der Waals surface area contributed by atoms with Crippen molar-refractivity contribution in [1.82, 2.24) is 13.7 Å². The number of aryl methyl sites for hydroxylation is 1. The number of hydrogen-bond donors (Lipinski definition) is 1. The molecule has 0 aliphatic rings. The molecule has 130 valence electrons. The van der Waals surface area contributed by atoms with Crippen LogP contribution in [0.15, 0.2) is 36.5 Å². The normalized spacial score (nSPS) is 10.6. The SMILES string of the molecule is C.Cc1ccc(-c2cc(C(=O)O)cc(-c3nsnc3C(C)C)c2)nc1. The van der Waals surface area contributed by atoms with E-state index in [0.29, 0.717) is 0 Å². The van der Waals surface area contributed by atoms with E-state index in [4.69, 9.17) is 0 Å². The van der Waals surface area contributed by atoms with Gasteiger partial charge in [-0.25, -0.2) is 4.79 Å². The fourth-order valence-electron chi connectivity index (χ4n) is 2.45. The number of pyridine rings is 1. The van der Waals surface area contributed by atoms with Crippen LogP contribution in [-0.4, -0.2) is 24.8 Å². The molecule has 5 nitrogen and oxygen atoms in total. The monoisotopic (exact) mass is 355 g/mol. The molecule has 1 N–H and O–H groups in total. The van der Waals surface area contributed by atoms with Gasteiger partial charge in [0.15, 0.2) is 0 Å². The molecule has 0 aliphatic heterocycles. The smallest absolute Gasteiger partial charge is 0.335 e. The van der Waals surface area contributed by atoms with Crippen molar-refractivity contribution in [3.63, 3.8) is 0 Å². The minimum atomic E-state index is -0.973. The van der Waals surface area contributed by atoms with Crippen molar-refractivity contribution in [2.75, 3.05) is 0 Å². The molecule has 0 unspecified atom stereocenters. The number of aromatic nitrogens is 3. The Hall–Kier alpha value is -2.60. The number of carboxylic acid groups (broad SMARTS) is 1. The number of aromatic carboxylic acids is 1. The van der Waals surface area contributed by atoms with Crippen molar-refractivity contribution in [2.24, 2.45) is 0 Å². The van der Waals surface area contributed by atoms with E-state index in [1.165, 1.54) is 0 Å². The van der Waals surface area contributed by atoms with Crippen molar-refractivity contribution in [3.8, 4) is 22.5 Å². The zero-order chi connectivity index (χ0) is 17.3. The van der Waals surface area contributed by atoms with Gasteiger partial charge in [-0.1, -0.05) is 27.3 Å². The quantitative estimate of drug-likeness (QED) is 0.710. The first kappa shape index (κ1) is 18.7. The third-order valence-electron chi connectivity index (χ3n) is 3.72. The molecular weight excluding hydrogens is 334 g/mol. The van der Waals surface area contributed by atoms with Crippen LogP contribution in [0.1, 0.15) is 48.8 Å². The zero-order valence-electron chi connectivity index (χ0n) is 13.6. The van der Waals surface area contributed by atoms with Gasteiger partial charge < -0.3 is 5.11 Å². The third-order valence-corrected chi connectivity index (χ3v) is 4.26. The highest BCUT2D eigenvalue weighted by atomic mass is 32.1. The second-order valence-electron chi connectivity index (χ2n) is 5.98. The Balaban J connectivity index is 0.00000225. The highest BCUT2D eigenvalue weighted by Crippen LogP contribution is 2.31. The lowest BCUT2D eigenvalue weighted by Gasteiger charge is -2.09. The van der Waals surface area contributed by atoms with E-state index in [1.54, 1.807) is 18.3 Å². The standard InChI is InChI=1S/C18H17N3O2S.CH4/c1-10(2)16-17(21-24-20-16)13-6-12(7-14(8-13)18(22)23)15-5-4-11(3)9-19-15;/h4-10H,1-3H3,(H,22,23);1H4. The van der Waals surface area contributed by atoms with Crippen molar-refractivity contribution >= 4 is 17.7 Å². The zero-order valence-corrected chi connectivity index (χ0v) is 14.5. The fraction of sp³-hybridized carbons (Fsp3) is 0.263. The Morgan fingerprint density at radius 1 is 1.12 bits per heavy atom. The Morgan fingerprint density at radius 2 is 1.84 bits per heavy atom. The minimum absolute atomic E-state index is 0. The van der Waals surface area contributed by atoms with Crippen molar-refractivity contribution in [1.29, 1.82) is 0 Å². The van der Waals surface area contributed by atoms with Gasteiger partial charge in [-0.3, -0.25) is 4.98 Å². The van der Waals surface area contributed by atoms with E-state index < -0.39 is 5.97 Å². The largest absolute Gasteiger partial charge is 0.478 e. The Bertz CT molecular complexity index is 886. The molecule has 3 aromatic rings. The molecule has 0 saturated heterocycles. The summed E-state index contributed by atoms with van der Waals surface area (Å²) in [6, 6.07) is 9.05. The van der Waals surface area contributed by atoms with Crippen LogP contribution in [0.3, 0.4) is 0 Å². The van der Waals surface area contributed by atoms with E-state index >= 15 is 0 Å². The van der Waals surface area contributed by atoms with Gasteiger partial charge in [0.25, 0.3) is 0 Å². The number of carbonyl (C=O) groups is 1. The number of carboxylic acids is 1. The van der Waals surface area contributed by atoms with Gasteiger partial charge in [0, 0.05) is 17.3 Å². The van der Waals surface area contributed by atoms with Crippen molar-refractivity contribution in [3.05, 3.63) is 53.3 Å². The highest BCUT2D eigenvalue weighted by Gasteiger charge is 2.17. The van der Waals surface area contributed by atoms with Crippen molar-refractivity contribution in [2.45, 2.75) is 34.1 Å². The summed E-state index contributed by atoms with van der Waals surface area (Å²) in [5.41, 5.74) is 5.14. The lowest BCUT2D eigenvalue weighted by Crippen LogP contribution is -1.99. The van der Waals surface area contributed by atoms with Crippen LogP contribution in [0.4, 0.5) is 0 Å². The summed E-state index contributed by atoms with van der Waals surface area (Å²) < 4.78 is 8.72. The molecular formula is C19H21N3O2S. The molecule has 25 heavy (non-hydrogen) atoms. The molecule has 2 aromatic heterocycles. The average Bonchev–Trinajstić information content (AvgIpc) is 3.05. The number of hydrogen-bond acceptors (Lipinski definition) is 5. The van der Waals surface area contributed by atoms with Crippen LogP contribution in [0.25, 0.3) is 22.5 Å². The molecule has 1 aromatic carbocycles. The van der Waals surface area contributed by atoms with Gasteiger partial charge in [0.2, 0.25) is 0 Å². The first-order valence-electron chi connectivity index (χ1n) is 7.60. The molecule has 0 aliphatic carbocycles. The fourth-order valence-corrected chi connectivity index (χ4v) is 3.16. The lowest BCUT2D eigenvalue weighted by atomic mass is 9.97. The van der Waals surface area contributed by atoms with Gasteiger partial charge in [0.05, 0.1) is 28.7 Å². The number of benzene rings is 1. The first-order valence-corrected chi connectivity index (χ1v) is 8.33. The maximum Gasteiger partial charge on any atom is 0.335 e. The highest BCUT2D eigenvalue weighted by molar-refractivity contribution is 6.99. The van der Waals surface area contributed by atoms with Gasteiger partial charge in [0.1, 0.15) is 5.69 Å². The van der Waals surface area contributed by atoms with Crippen LogP contribution in [0.5, 0.6) is 0 Å². The van der Waals surface area contributed by atoms with E-state index in [0.717, 1.165) is 45.5 Å². The summed E-state index contributed by atoms with van der Waals surface area (Å²) >= 11 is 1.14. The third kappa shape index (κ3) is 3.91. The van der Waals surface area contributed by atoms with Crippen LogP contribution < -0.4 is 0 Å². The predicted molar refractivity (Wildman–Crippen MR) is 101 cm³/mol. The van der Waals surface area contributed by atoms with Gasteiger partial charge >= 0.3 is 5.97 Å². The van der Waals surface area contributed by atoms with Gasteiger partial charge in [-0.05, 0) is 42.7 Å². The molecule has 0 amide bonds. The molecule has 2 heterocycles. The van der Waals surface area contributed by atoms with Gasteiger partial charge in [-0.2, -0.15) is 8.75 Å². The number of nitrogens with zero attached hydrogens (tertiary/aromatic N) is 3. The summed E-state index contributed by atoms with van der Waals surface area (Å²) in [7, 11) is 0. The molecule has 0 bridgehead atoms. The summed E-state index contributed by atoms with van der Waals surface area (Å²) in [5, 5.41) is 9.45. The lowest BCUT2D eigenvalue weighted by molar-refractivity contribution is 0.0697. The average molecular weight is 355 g/mol. The Kier molecular flexibility index (Phi) is 5.64. The molecule has 0 atom stereocenters. The van der Waals surface area contributed by atoms with E-state index in [1.807, 2.05) is 39.0 Å². The topological polar surface area (TPSA) is 76.0 Å². The maximum absolute atomic E-state index is 11.5. The second kappa shape index (κ2) is 7.53. The molecule has 0 spiro atoms. The summed E-state index contributed by atoms with van der Waals surface area (Å²) in [6.07, 6.45) is 1.77. The predicted octanol–water partition coefficient (Wildman–Crippen LogP) is 5.03. The van der Waals surface area contributed by atoms with Crippen LogP contribution in [0.2, 0.25) is 0 Å². The number of rotatable bonds is 4. The Morgan fingerprint density at radius 3 is 2.44 bits per heavy atom. The molecule has 3 rings (SSSR count). The summed E-state index contributed by atoms with van der Waals surface area (Å²) in [6.45, 7) is 6.05.